The number of benzene rings is 1. The number of anilines is 1. The fraction of sp³-hybridized carbons (Fsp3) is 0.348. The monoisotopic (exact) mass is 468 g/mol. The number of rotatable bonds is 3. The molecule has 1 aromatic heterocycles. The largest absolute Gasteiger partial charge is 0.511 e. The van der Waals surface area contributed by atoms with Crippen LogP contribution in [0.25, 0.3) is 0 Å². The van der Waals surface area contributed by atoms with Gasteiger partial charge in [0.2, 0.25) is 5.03 Å². The van der Waals surface area contributed by atoms with Gasteiger partial charge in [0.1, 0.15) is 17.1 Å². The number of aliphatic hydroxyl groups excluding tert-OH is 1. The van der Waals surface area contributed by atoms with Crippen molar-refractivity contribution in [1.29, 1.82) is 0 Å². The van der Waals surface area contributed by atoms with Crippen molar-refractivity contribution in [2.45, 2.75) is 36.9 Å². The minimum atomic E-state index is -4.14. The zero-order valence-corrected chi connectivity index (χ0v) is 18.3. The van der Waals surface area contributed by atoms with Gasteiger partial charge in [-0.1, -0.05) is 12.1 Å². The minimum Gasteiger partial charge on any atom is -0.511 e. The molecule has 2 bridgehead atoms. The molecule has 0 unspecified atom stereocenters. The molecule has 2 aliphatic carbocycles. The Kier molecular flexibility index (Phi) is 4.39. The topological polar surface area (TPSA) is 112 Å². The van der Waals surface area contributed by atoms with Gasteiger partial charge in [-0.05, 0) is 60.9 Å². The second-order valence-electron chi connectivity index (χ2n) is 9.07. The standard InChI is InChI=1S/C23H21FN4O4S/c24-15-7-3-12(4-8-15)11-28-19-14-6-5-13(10-14)17(19)20(29)18(23(28)30)21-26-16-2-1-9-25-22(16)33(31,32)27-21/h1-4,7-9,13-14,17,19,29H,5-6,10-11H2,(H,26,27)/t13-,14-,17+,19-/m0/s1. The third-order valence-electron chi connectivity index (χ3n) is 7.26. The maximum Gasteiger partial charge on any atom is 0.303 e. The summed E-state index contributed by atoms with van der Waals surface area (Å²) in [4.78, 5) is 19.3. The molecule has 6 rings (SSSR count). The van der Waals surface area contributed by atoms with Gasteiger partial charge in [0, 0.05) is 24.7 Å². The molecule has 2 aromatic rings. The van der Waals surface area contributed by atoms with Crippen molar-refractivity contribution in [3.8, 4) is 0 Å². The van der Waals surface area contributed by atoms with Gasteiger partial charge in [-0.2, -0.15) is 8.42 Å². The highest BCUT2D eigenvalue weighted by Gasteiger charge is 2.57. The number of carbonyl (C=O) groups excluding carboxylic acids is 1. The molecule has 33 heavy (non-hydrogen) atoms. The number of sulfonamides is 1. The molecular weight excluding hydrogens is 447 g/mol. The Hall–Kier alpha value is -3.27. The van der Waals surface area contributed by atoms with Gasteiger partial charge >= 0.3 is 10.0 Å². The van der Waals surface area contributed by atoms with Crippen molar-refractivity contribution in [3.05, 3.63) is 65.3 Å². The highest BCUT2D eigenvalue weighted by molar-refractivity contribution is 7.90. The summed E-state index contributed by atoms with van der Waals surface area (Å²) in [6.45, 7) is 0.235. The number of pyridine rings is 1. The van der Waals surface area contributed by atoms with E-state index in [2.05, 4.69) is 14.7 Å². The quantitative estimate of drug-likeness (QED) is 0.716. The molecular formula is C23H21FN4O4S. The molecule has 0 radical (unpaired) electrons. The molecule has 1 aromatic carbocycles. The fourth-order valence-corrected chi connectivity index (χ4v) is 7.00. The van der Waals surface area contributed by atoms with Gasteiger partial charge in [0.25, 0.3) is 5.91 Å². The van der Waals surface area contributed by atoms with E-state index in [1.807, 2.05) is 0 Å². The first kappa shape index (κ1) is 20.3. The van der Waals surface area contributed by atoms with Gasteiger partial charge in [-0.15, -0.1) is 4.40 Å². The predicted molar refractivity (Wildman–Crippen MR) is 117 cm³/mol. The molecule has 0 saturated heterocycles. The van der Waals surface area contributed by atoms with Crippen LogP contribution in [-0.4, -0.2) is 41.2 Å². The molecule has 10 heteroatoms. The lowest BCUT2D eigenvalue weighted by Crippen LogP contribution is -2.53. The molecule has 4 atom stereocenters. The SMILES string of the molecule is O=C1C(C2=NS(=O)(=O)c3ncccc3N2)=C(O)[C@@H]2[C@H]3CC[C@@H](C3)[C@@H]2N1Cc1ccc(F)cc1. The van der Waals surface area contributed by atoms with Crippen molar-refractivity contribution >= 4 is 27.5 Å². The van der Waals surface area contributed by atoms with E-state index in [1.54, 1.807) is 23.1 Å². The van der Waals surface area contributed by atoms with Crippen LogP contribution in [0.4, 0.5) is 10.1 Å². The van der Waals surface area contributed by atoms with Crippen LogP contribution in [0.2, 0.25) is 0 Å². The lowest BCUT2D eigenvalue weighted by atomic mass is 9.77. The van der Waals surface area contributed by atoms with Crippen LogP contribution >= 0.6 is 0 Å². The van der Waals surface area contributed by atoms with Crippen LogP contribution < -0.4 is 5.32 Å². The Morgan fingerprint density at radius 1 is 1.15 bits per heavy atom. The first-order valence-electron chi connectivity index (χ1n) is 10.9. The number of hydrogen-bond acceptors (Lipinski definition) is 6. The van der Waals surface area contributed by atoms with Crippen molar-refractivity contribution < 1.29 is 22.7 Å². The number of nitrogens with one attached hydrogen (secondary N) is 1. The van der Waals surface area contributed by atoms with Crippen LogP contribution in [-0.2, 0) is 21.4 Å². The van der Waals surface area contributed by atoms with Crippen LogP contribution in [0.1, 0.15) is 24.8 Å². The lowest BCUT2D eigenvalue weighted by Gasteiger charge is -2.44. The maximum atomic E-state index is 13.8. The summed E-state index contributed by atoms with van der Waals surface area (Å²) in [7, 11) is -4.14. The van der Waals surface area contributed by atoms with Gasteiger partial charge < -0.3 is 15.3 Å². The smallest absolute Gasteiger partial charge is 0.303 e. The van der Waals surface area contributed by atoms with Crippen LogP contribution in [0.15, 0.2) is 63.4 Å². The van der Waals surface area contributed by atoms with Gasteiger partial charge in [0.15, 0.2) is 5.84 Å². The van der Waals surface area contributed by atoms with Crippen molar-refractivity contribution in [2.75, 3.05) is 5.32 Å². The van der Waals surface area contributed by atoms with E-state index in [0.29, 0.717) is 0 Å². The van der Waals surface area contributed by atoms with E-state index in [0.717, 1.165) is 24.8 Å². The lowest BCUT2D eigenvalue weighted by molar-refractivity contribution is -0.134. The normalized spacial score (nSPS) is 29.4. The van der Waals surface area contributed by atoms with Gasteiger partial charge in [0.05, 0.1) is 5.69 Å². The Labute approximate surface area is 189 Å². The van der Waals surface area contributed by atoms with Gasteiger partial charge in [-0.3, -0.25) is 4.79 Å². The number of fused-ring (bicyclic) bond motifs is 6. The number of aliphatic hydroxyl groups is 1. The molecule has 1 amide bonds. The van der Waals surface area contributed by atoms with Crippen molar-refractivity contribution in [2.24, 2.45) is 22.2 Å². The third kappa shape index (κ3) is 3.07. The Morgan fingerprint density at radius 3 is 2.70 bits per heavy atom. The third-order valence-corrected chi connectivity index (χ3v) is 8.50. The molecule has 2 fully saturated rings. The second-order valence-corrected chi connectivity index (χ2v) is 10.6. The number of aromatic nitrogens is 1. The molecule has 8 nitrogen and oxygen atoms in total. The maximum absolute atomic E-state index is 13.8. The van der Waals surface area contributed by atoms with E-state index in [-0.39, 0.29) is 64.0 Å². The van der Waals surface area contributed by atoms with Crippen LogP contribution in [0.3, 0.4) is 0 Å². The number of carbonyl (C=O) groups is 1. The van der Waals surface area contributed by atoms with E-state index in [4.69, 9.17) is 0 Å². The summed E-state index contributed by atoms with van der Waals surface area (Å²) >= 11 is 0. The molecule has 2 N–H and O–H groups in total. The number of amidine groups is 1. The first-order valence-corrected chi connectivity index (χ1v) is 12.3. The predicted octanol–water partition coefficient (Wildman–Crippen LogP) is 3.00. The van der Waals surface area contributed by atoms with E-state index in [9.17, 15) is 22.7 Å². The molecule has 170 valence electrons. The molecule has 3 heterocycles. The minimum absolute atomic E-state index is 0.0960. The zero-order valence-electron chi connectivity index (χ0n) is 17.5. The second kappa shape index (κ2) is 7.11. The number of nitrogens with zero attached hydrogens (tertiary/aromatic N) is 3. The average Bonchev–Trinajstić information content (AvgIpc) is 3.40. The molecule has 2 saturated carbocycles. The summed E-state index contributed by atoms with van der Waals surface area (Å²) in [5.41, 5.74) is 0.840. The summed E-state index contributed by atoms with van der Waals surface area (Å²) < 4.78 is 42.7. The van der Waals surface area contributed by atoms with E-state index in [1.165, 1.54) is 24.4 Å². The summed E-state index contributed by atoms with van der Waals surface area (Å²) in [5, 5.41) is 13.9. The van der Waals surface area contributed by atoms with E-state index < -0.39 is 15.9 Å². The molecule has 2 aliphatic heterocycles. The van der Waals surface area contributed by atoms with Crippen LogP contribution in [0, 0.1) is 23.6 Å². The zero-order chi connectivity index (χ0) is 22.9. The Bertz CT molecular complexity index is 1340. The number of halogens is 1. The first-order chi connectivity index (χ1) is 15.8. The summed E-state index contributed by atoms with van der Waals surface area (Å²) in [6, 6.07) is 8.89. The highest BCUT2D eigenvalue weighted by atomic mass is 32.2. The molecule has 4 aliphatic rings. The van der Waals surface area contributed by atoms with Crippen molar-refractivity contribution in [3.63, 3.8) is 0 Å². The summed E-state index contributed by atoms with van der Waals surface area (Å²) in [6.07, 6.45) is 4.19. The van der Waals surface area contributed by atoms with Crippen molar-refractivity contribution in [1.82, 2.24) is 9.88 Å². The molecule has 0 spiro atoms. The Morgan fingerprint density at radius 2 is 1.91 bits per heavy atom. The van der Waals surface area contributed by atoms with Gasteiger partial charge in [-0.25, -0.2) is 9.37 Å². The highest BCUT2D eigenvalue weighted by Crippen LogP contribution is 2.55. The number of hydrogen-bond donors (Lipinski definition) is 2. The van der Waals surface area contributed by atoms with E-state index >= 15 is 0 Å². The average molecular weight is 469 g/mol. The fourth-order valence-electron chi connectivity index (χ4n) is 5.95. The summed E-state index contributed by atoms with van der Waals surface area (Å²) in [5.74, 6) is -0.932. The Balaban J connectivity index is 1.45. The number of amides is 1. The van der Waals surface area contributed by atoms with Crippen LogP contribution in [0.5, 0.6) is 0 Å².